The summed E-state index contributed by atoms with van der Waals surface area (Å²) in [5.74, 6) is 0.436. The first-order valence-electron chi connectivity index (χ1n) is 4.64. The molecule has 1 atom stereocenters. The number of H-pyrrole nitrogens is 1. The highest BCUT2D eigenvalue weighted by atomic mass is 35.5. The molecular formula is C10H9Cl2N3O. The van der Waals surface area contributed by atoms with Gasteiger partial charge >= 0.3 is 0 Å². The van der Waals surface area contributed by atoms with Gasteiger partial charge in [0.25, 0.3) is 0 Å². The number of rotatable bonds is 3. The van der Waals surface area contributed by atoms with Crippen molar-refractivity contribution in [3.63, 3.8) is 0 Å². The minimum Gasteiger partial charge on any atom is -0.385 e. The van der Waals surface area contributed by atoms with Crippen LogP contribution in [0, 0.1) is 0 Å². The number of nitrogens with one attached hydrogen (secondary N) is 1. The minimum atomic E-state index is -0.722. The molecule has 0 radical (unpaired) electrons. The fourth-order valence-corrected chi connectivity index (χ4v) is 1.68. The van der Waals surface area contributed by atoms with Crippen molar-refractivity contribution in [1.82, 2.24) is 15.2 Å². The molecule has 6 heteroatoms. The van der Waals surface area contributed by atoms with E-state index < -0.39 is 6.10 Å². The monoisotopic (exact) mass is 257 g/mol. The Morgan fingerprint density at radius 3 is 2.75 bits per heavy atom. The molecule has 1 heterocycles. The van der Waals surface area contributed by atoms with Crippen LogP contribution in [0.25, 0.3) is 0 Å². The predicted molar refractivity (Wildman–Crippen MR) is 61.5 cm³/mol. The molecule has 2 rings (SSSR count). The number of benzene rings is 1. The second-order valence-electron chi connectivity index (χ2n) is 3.34. The summed E-state index contributed by atoms with van der Waals surface area (Å²) >= 11 is 11.7. The van der Waals surface area contributed by atoms with E-state index in [1.165, 1.54) is 6.33 Å². The fraction of sp³-hybridized carbons (Fsp3) is 0.200. The molecule has 0 fully saturated rings. The van der Waals surface area contributed by atoms with Gasteiger partial charge in [-0.1, -0.05) is 29.3 Å². The van der Waals surface area contributed by atoms with E-state index in [4.69, 9.17) is 23.2 Å². The molecule has 16 heavy (non-hydrogen) atoms. The van der Waals surface area contributed by atoms with Crippen molar-refractivity contribution >= 4 is 23.2 Å². The number of nitrogens with zero attached hydrogens (tertiary/aromatic N) is 2. The molecule has 0 amide bonds. The van der Waals surface area contributed by atoms with Crippen molar-refractivity contribution in [2.45, 2.75) is 12.5 Å². The summed E-state index contributed by atoms with van der Waals surface area (Å²) in [6.45, 7) is 0. The van der Waals surface area contributed by atoms with Crippen LogP contribution < -0.4 is 0 Å². The van der Waals surface area contributed by atoms with Crippen LogP contribution >= 0.6 is 23.2 Å². The maximum Gasteiger partial charge on any atom is 0.153 e. The Morgan fingerprint density at radius 2 is 2.12 bits per heavy atom. The second-order valence-corrected chi connectivity index (χ2v) is 4.15. The topological polar surface area (TPSA) is 61.8 Å². The van der Waals surface area contributed by atoms with E-state index in [1.54, 1.807) is 12.1 Å². The van der Waals surface area contributed by atoms with Gasteiger partial charge in [0, 0.05) is 6.42 Å². The summed E-state index contributed by atoms with van der Waals surface area (Å²) in [6, 6.07) is 5.24. The number of aliphatic hydroxyl groups is 1. The van der Waals surface area contributed by atoms with Crippen molar-refractivity contribution in [3.8, 4) is 0 Å². The molecule has 4 nitrogen and oxygen atoms in total. The van der Waals surface area contributed by atoms with Crippen molar-refractivity contribution in [2.75, 3.05) is 0 Å². The lowest BCUT2D eigenvalue weighted by Gasteiger charge is -2.07. The molecule has 0 aliphatic heterocycles. The molecular weight excluding hydrogens is 249 g/mol. The van der Waals surface area contributed by atoms with E-state index in [1.807, 2.05) is 6.07 Å². The molecule has 0 aliphatic carbocycles. The van der Waals surface area contributed by atoms with E-state index in [2.05, 4.69) is 15.2 Å². The molecule has 0 saturated carbocycles. The van der Waals surface area contributed by atoms with Crippen LogP contribution in [-0.4, -0.2) is 20.3 Å². The third-order valence-corrected chi connectivity index (χ3v) is 2.90. The zero-order chi connectivity index (χ0) is 11.5. The molecule has 0 saturated heterocycles. The van der Waals surface area contributed by atoms with Crippen LogP contribution in [0.1, 0.15) is 17.5 Å². The van der Waals surface area contributed by atoms with Gasteiger partial charge in [-0.3, -0.25) is 5.10 Å². The smallest absolute Gasteiger partial charge is 0.153 e. The molecule has 0 spiro atoms. The van der Waals surface area contributed by atoms with Gasteiger partial charge in [0.1, 0.15) is 12.4 Å². The SMILES string of the molecule is OC(Cc1ccc(Cl)c(Cl)c1)c1ncn[nH]1. The molecule has 84 valence electrons. The summed E-state index contributed by atoms with van der Waals surface area (Å²) in [6.07, 6.45) is 1.04. The quantitative estimate of drug-likeness (QED) is 0.888. The fourth-order valence-electron chi connectivity index (χ4n) is 1.36. The molecule has 0 aliphatic rings. The third-order valence-electron chi connectivity index (χ3n) is 2.16. The number of hydrogen-bond acceptors (Lipinski definition) is 3. The van der Waals surface area contributed by atoms with Crippen molar-refractivity contribution in [2.24, 2.45) is 0 Å². The highest BCUT2D eigenvalue weighted by molar-refractivity contribution is 6.42. The summed E-state index contributed by atoms with van der Waals surface area (Å²) < 4.78 is 0. The highest BCUT2D eigenvalue weighted by Gasteiger charge is 2.11. The Kier molecular flexibility index (Phi) is 3.43. The van der Waals surface area contributed by atoms with Gasteiger partial charge in [0.05, 0.1) is 10.0 Å². The first kappa shape index (κ1) is 11.4. The zero-order valence-corrected chi connectivity index (χ0v) is 9.70. The van der Waals surface area contributed by atoms with E-state index in [0.717, 1.165) is 5.56 Å². The number of aromatic amines is 1. The lowest BCUT2D eigenvalue weighted by Crippen LogP contribution is -2.04. The van der Waals surface area contributed by atoms with Gasteiger partial charge in [0.2, 0.25) is 0 Å². The van der Waals surface area contributed by atoms with E-state index in [0.29, 0.717) is 22.3 Å². The van der Waals surface area contributed by atoms with Crippen LogP contribution in [0.4, 0.5) is 0 Å². The summed E-state index contributed by atoms with van der Waals surface area (Å²) in [5.41, 5.74) is 0.887. The Labute approximate surface area is 102 Å². The summed E-state index contributed by atoms with van der Waals surface area (Å²) in [4.78, 5) is 3.88. The Balaban J connectivity index is 2.12. The number of aliphatic hydroxyl groups excluding tert-OH is 1. The minimum absolute atomic E-state index is 0.409. The largest absolute Gasteiger partial charge is 0.385 e. The van der Waals surface area contributed by atoms with Crippen LogP contribution in [0.15, 0.2) is 24.5 Å². The second kappa shape index (κ2) is 4.82. The van der Waals surface area contributed by atoms with Crippen molar-refractivity contribution in [3.05, 3.63) is 46.0 Å². The van der Waals surface area contributed by atoms with Crippen LogP contribution in [0.2, 0.25) is 10.0 Å². The van der Waals surface area contributed by atoms with E-state index in [-0.39, 0.29) is 0 Å². The molecule has 1 aromatic carbocycles. The lowest BCUT2D eigenvalue weighted by atomic mass is 10.1. The maximum atomic E-state index is 9.81. The van der Waals surface area contributed by atoms with Gasteiger partial charge in [0.15, 0.2) is 5.82 Å². The van der Waals surface area contributed by atoms with Crippen molar-refractivity contribution in [1.29, 1.82) is 0 Å². The van der Waals surface area contributed by atoms with Gasteiger partial charge < -0.3 is 5.11 Å². The van der Waals surface area contributed by atoms with Crippen LogP contribution in [-0.2, 0) is 6.42 Å². The molecule has 1 aromatic heterocycles. The Bertz CT molecular complexity index is 473. The van der Waals surface area contributed by atoms with Gasteiger partial charge in [-0.05, 0) is 17.7 Å². The third kappa shape index (κ3) is 2.52. The summed E-state index contributed by atoms with van der Waals surface area (Å²) in [5, 5.41) is 17.1. The zero-order valence-electron chi connectivity index (χ0n) is 8.19. The lowest BCUT2D eigenvalue weighted by molar-refractivity contribution is 0.169. The molecule has 0 bridgehead atoms. The normalized spacial score (nSPS) is 12.7. The van der Waals surface area contributed by atoms with Crippen molar-refractivity contribution < 1.29 is 5.11 Å². The molecule has 1 unspecified atom stereocenters. The average Bonchev–Trinajstić information content (AvgIpc) is 2.77. The van der Waals surface area contributed by atoms with Gasteiger partial charge in [-0.15, -0.1) is 0 Å². The average molecular weight is 258 g/mol. The summed E-state index contributed by atoms with van der Waals surface area (Å²) in [7, 11) is 0. The van der Waals surface area contributed by atoms with Crippen LogP contribution in [0.3, 0.4) is 0 Å². The number of hydrogen-bond donors (Lipinski definition) is 2. The molecule has 2 aromatic rings. The Morgan fingerprint density at radius 1 is 1.31 bits per heavy atom. The van der Waals surface area contributed by atoms with Gasteiger partial charge in [-0.25, -0.2) is 4.98 Å². The van der Waals surface area contributed by atoms with Gasteiger partial charge in [-0.2, -0.15) is 5.10 Å². The standard InChI is InChI=1S/C10H9Cl2N3O/c11-7-2-1-6(3-8(7)12)4-9(16)10-13-5-14-15-10/h1-3,5,9,16H,4H2,(H,13,14,15). The van der Waals surface area contributed by atoms with Crippen LogP contribution in [0.5, 0.6) is 0 Å². The number of aromatic nitrogens is 3. The van der Waals surface area contributed by atoms with E-state index >= 15 is 0 Å². The highest BCUT2D eigenvalue weighted by Crippen LogP contribution is 2.24. The predicted octanol–water partition coefficient (Wildman–Crippen LogP) is 2.39. The van der Waals surface area contributed by atoms with E-state index in [9.17, 15) is 5.11 Å². The number of halogens is 2. The maximum absolute atomic E-state index is 9.81. The first-order valence-corrected chi connectivity index (χ1v) is 5.39. The molecule has 2 N–H and O–H groups in total. The first-order chi connectivity index (χ1) is 7.66. The Hall–Kier alpha value is -1.10.